The average Bonchev–Trinajstić information content (AvgIpc) is 2.82. The lowest BCUT2D eigenvalue weighted by atomic mass is 9.80. The molecule has 1 amide bonds. The molecule has 2 aliphatic rings. The third kappa shape index (κ3) is 4.18. The highest BCUT2D eigenvalue weighted by Gasteiger charge is 2.43. The molecule has 172 valence electrons. The Morgan fingerprint density at radius 2 is 1.79 bits per heavy atom. The summed E-state index contributed by atoms with van der Waals surface area (Å²) in [6.07, 6.45) is 2.63. The predicted molar refractivity (Wildman–Crippen MR) is 125 cm³/mol. The van der Waals surface area contributed by atoms with Crippen molar-refractivity contribution in [3.8, 4) is 5.75 Å². The molecule has 1 aromatic heterocycles. The molecule has 1 fully saturated rings. The van der Waals surface area contributed by atoms with E-state index in [1.807, 2.05) is 24.3 Å². The fourth-order valence-corrected chi connectivity index (χ4v) is 4.96. The molecule has 0 bridgehead atoms. The number of hydrogen-bond donors (Lipinski definition) is 2. The van der Waals surface area contributed by atoms with Crippen LogP contribution in [0.1, 0.15) is 37.3 Å². The van der Waals surface area contributed by atoms with E-state index in [-0.39, 0.29) is 41.6 Å². The highest BCUT2D eigenvalue weighted by atomic mass is 16.5. The number of carbonyl (C=O) groups is 1. The largest absolute Gasteiger partial charge is 0.487 e. The topological polar surface area (TPSA) is 96.4 Å². The molecule has 1 unspecified atom stereocenters. The van der Waals surface area contributed by atoms with Gasteiger partial charge in [-0.25, -0.2) is 4.68 Å². The molecule has 0 radical (unpaired) electrons. The van der Waals surface area contributed by atoms with Gasteiger partial charge in [0.2, 0.25) is 5.91 Å². The molecule has 1 spiro atoms. The normalized spacial score (nSPS) is 19.7. The Morgan fingerprint density at radius 1 is 1.09 bits per heavy atom. The number of aromatic nitrogens is 2. The number of aromatic amines is 1. The number of rotatable bonds is 4. The molecule has 0 saturated carbocycles. The van der Waals surface area contributed by atoms with Gasteiger partial charge in [0.05, 0.1) is 23.4 Å². The van der Waals surface area contributed by atoms with Crippen LogP contribution in [0.5, 0.6) is 5.75 Å². The van der Waals surface area contributed by atoms with Crippen molar-refractivity contribution in [2.75, 3.05) is 20.1 Å². The molecule has 2 aromatic carbocycles. The summed E-state index contributed by atoms with van der Waals surface area (Å²) in [5.74, 6) is 0.661. The third-order valence-corrected chi connectivity index (χ3v) is 6.88. The second-order valence-electron chi connectivity index (χ2n) is 9.14. The Morgan fingerprint density at radius 3 is 2.58 bits per heavy atom. The van der Waals surface area contributed by atoms with E-state index in [1.165, 1.54) is 4.68 Å². The predicted octanol–water partition coefficient (Wildman–Crippen LogP) is 2.18. The van der Waals surface area contributed by atoms with Crippen molar-refractivity contribution < 1.29 is 9.53 Å². The number of carbonyl (C=O) groups excluding carboxylic acids is 1. The van der Waals surface area contributed by atoms with Crippen molar-refractivity contribution in [2.24, 2.45) is 0 Å². The van der Waals surface area contributed by atoms with Crippen LogP contribution >= 0.6 is 0 Å². The quantitative estimate of drug-likeness (QED) is 0.638. The Kier molecular flexibility index (Phi) is 5.54. The smallest absolute Gasteiger partial charge is 0.273 e. The van der Waals surface area contributed by atoms with Crippen LogP contribution in [0, 0.1) is 0 Å². The van der Waals surface area contributed by atoms with E-state index in [2.05, 4.69) is 22.4 Å². The summed E-state index contributed by atoms with van der Waals surface area (Å²) in [7, 11) is 2.11. The fraction of sp³-hybridized carbons (Fsp3) is 0.400. The van der Waals surface area contributed by atoms with Gasteiger partial charge in [-0.2, -0.15) is 0 Å². The van der Waals surface area contributed by atoms with E-state index in [1.54, 1.807) is 24.3 Å². The minimum Gasteiger partial charge on any atom is -0.487 e. The summed E-state index contributed by atoms with van der Waals surface area (Å²) < 4.78 is 7.68. The van der Waals surface area contributed by atoms with Gasteiger partial charge in [0, 0.05) is 31.5 Å². The molecule has 0 aliphatic carbocycles. The molecule has 5 rings (SSSR count). The molecule has 8 heteroatoms. The summed E-state index contributed by atoms with van der Waals surface area (Å²) in [5, 5.41) is 6.45. The maximum Gasteiger partial charge on any atom is 0.273 e. The maximum absolute atomic E-state index is 12.9. The zero-order valence-corrected chi connectivity index (χ0v) is 18.7. The maximum atomic E-state index is 12.9. The number of amides is 1. The monoisotopic (exact) mass is 448 g/mol. The number of ether oxygens (including phenoxy) is 1. The van der Waals surface area contributed by atoms with Gasteiger partial charge in [0.15, 0.2) is 0 Å². The van der Waals surface area contributed by atoms with E-state index in [9.17, 15) is 14.4 Å². The Balaban J connectivity index is 1.32. The molecule has 1 atom stereocenters. The molecule has 3 aromatic rings. The number of nitrogens with one attached hydrogen (secondary N) is 2. The Labute approximate surface area is 191 Å². The molecular weight excluding hydrogens is 420 g/mol. The number of likely N-dealkylation sites (tertiary alicyclic amines) is 1. The number of hydrogen-bond acceptors (Lipinski definition) is 5. The van der Waals surface area contributed by atoms with Gasteiger partial charge in [-0.15, -0.1) is 0 Å². The van der Waals surface area contributed by atoms with Crippen molar-refractivity contribution >= 4 is 16.7 Å². The highest BCUT2D eigenvalue weighted by molar-refractivity contribution is 5.80. The minimum atomic E-state index is -0.340. The first-order valence-electron chi connectivity index (χ1n) is 11.4. The number of nitrogens with zero attached hydrogens (tertiary/aromatic N) is 2. The summed E-state index contributed by atoms with van der Waals surface area (Å²) >= 11 is 0. The van der Waals surface area contributed by atoms with Crippen LogP contribution < -0.4 is 21.2 Å². The summed E-state index contributed by atoms with van der Waals surface area (Å²) in [6.45, 7) is 2.02. The molecular formula is C25H28N4O4. The summed E-state index contributed by atoms with van der Waals surface area (Å²) in [6, 6.07) is 14.4. The molecule has 33 heavy (non-hydrogen) atoms. The zero-order chi connectivity index (χ0) is 23.0. The van der Waals surface area contributed by atoms with Crippen molar-refractivity contribution in [1.29, 1.82) is 0 Å². The van der Waals surface area contributed by atoms with Crippen molar-refractivity contribution in [1.82, 2.24) is 20.0 Å². The van der Waals surface area contributed by atoms with Gasteiger partial charge in [0.1, 0.15) is 11.4 Å². The first-order valence-corrected chi connectivity index (χ1v) is 11.4. The number of para-hydroxylation sites is 1. The number of fused-ring (bicyclic) bond motifs is 2. The number of aryl methyl sites for hydroxylation is 1. The van der Waals surface area contributed by atoms with Crippen LogP contribution in [-0.2, 0) is 11.3 Å². The van der Waals surface area contributed by atoms with E-state index >= 15 is 0 Å². The van der Waals surface area contributed by atoms with E-state index in [4.69, 9.17) is 4.74 Å². The summed E-state index contributed by atoms with van der Waals surface area (Å²) in [5.41, 5.74) is 0.0545. The van der Waals surface area contributed by atoms with Crippen LogP contribution in [0.3, 0.4) is 0 Å². The van der Waals surface area contributed by atoms with Gasteiger partial charge in [-0.3, -0.25) is 19.5 Å². The Bertz CT molecular complexity index is 1300. The van der Waals surface area contributed by atoms with Crippen molar-refractivity contribution in [3.05, 3.63) is 74.8 Å². The van der Waals surface area contributed by atoms with Crippen molar-refractivity contribution in [3.63, 3.8) is 0 Å². The fourth-order valence-electron chi connectivity index (χ4n) is 4.96. The van der Waals surface area contributed by atoms with Crippen LogP contribution in [-0.4, -0.2) is 46.3 Å². The lowest BCUT2D eigenvalue weighted by Crippen LogP contribution is -2.51. The zero-order valence-electron chi connectivity index (χ0n) is 18.7. The van der Waals surface area contributed by atoms with Gasteiger partial charge >= 0.3 is 0 Å². The second kappa shape index (κ2) is 8.51. The summed E-state index contributed by atoms with van der Waals surface area (Å²) in [4.78, 5) is 40.2. The molecule has 2 N–H and O–H groups in total. The lowest BCUT2D eigenvalue weighted by Gasteiger charge is -2.46. The van der Waals surface area contributed by atoms with Crippen LogP contribution in [0.25, 0.3) is 10.8 Å². The minimum absolute atomic E-state index is 0.0868. The van der Waals surface area contributed by atoms with Gasteiger partial charge in [-0.05, 0) is 38.1 Å². The number of benzene rings is 2. The van der Waals surface area contributed by atoms with Gasteiger partial charge in [-0.1, -0.05) is 30.3 Å². The van der Waals surface area contributed by atoms with E-state index in [0.717, 1.165) is 43.7 Å². The molecule has 1 saturated heterocycles. The van der Waals surface area contributed by atoms with E-state index < -0.39 is 0 Å². The van der Waals surface area contributed by atoms with Crippen LogP contribution in [0.15, 0.2) is 58.1 Å². The first kappa shape index (κ1) is 21.5. The molecule has 8 nitrogen and oxygen atoms in total. The molecule has 2 aliphatic heterocycles. The molecule has 3 heterocycles. The second-order valence-corrected chi connectivity index (χ2v) is 9.14. The SMILES string of the molecule is CN1CCC2(CC1)CC(NC(=O)CCn1[nH]c(=O)c3ccccc3c1=O)c1ccccc1O2. The Hall–Kier alpha value is -3.39. The standard InChI is InChI=1S/C25H28N4O4/c1-28-14-11-25(12-15-28)16-20(19-8-4-5-9-21(19)33-25)26-22(30)10-13-29-24(32)18-7-3-2-6-17(18)23(31)27-29/h2-9,20H,10-16H2,1H3,(H,26,30)(H,27,31). The van der Waals surface area contributed by atoms with Crippen molar-refractivity contribution in [2.45, 2.75) is 43.9 Å². The average molecular weight is 449 g/mol. The van der Waals surface area contributed by atoms with E-state index in [0.29, 0.717) is 10.8 Å². The third-order valence-electron chi connectivity index (χ3n) is 6.88. The first-order chi connectivity index (χ1) is 15.9. The van der Waals surface area contributed by atoms with Crippen LogP contribution in [0.4, 0.5) is 0 Å². The van der Waals surface area contributed by atoms with Crippen LogP contribution in [0.2, 0.25) is 0 Å². The highest BCUT2D eigenvalue weighted by Crippen LogP contribution is 2.44. The van der Waals surface area contributed by atoms with Gasteiger partial charge in [0.25, 0.3) is 11.1 Å². The number of piperidine rings is 1. The van der Waals surface area contributed by atoms with Gasteiger partial charge < -0.3 is 15.0 Å². The number of H-pyrrole nitrogens is 1. The lowest BCUT2D eigenvalue weighted by molar-refractivity contribution is -0.123.